The number of carbonyl (C=O) groups is 1. The lowest BCUT2D eigenvalue weighted by Crippen LogP contribution is -2.28. The zero-order valence-electron chi connectivity index (χ0n) is 9.92. The molecule has 1 aliphatic heterocycles. The van der Waals surface area contributed by atoms with Crippen LogP contribution in [0.15, 0.2) is 18.2 Å². The smallest absolute Gasteiger partial charge is 0.254 e. The van der Waals surface area contributed by atoms with Crippen molar-refractivity contribution in [3.05, 3.63) is 35.4 Å². The van der Waals surface area contributed by atoms with E-state index in [0.717, 1.165) is 25.5 Å². The van der Waals surface area contributed by atoms with Crippen molar-refractivity contribution in [2.75, 3.05) is 13.2 Å². The number of amides is 1. The molecule has 0 radical (unpaired) electrons. The lowest BCUT2D eigenvalue weighted by atomic mass is 10.1. The molecule has 1 fully saturated rings. The molecule has 98 valence electrons. The highest BCUT2D eigenvalue weighted by atomic mass is 19.2. The fraction of sp³-hybridized carbons (Fsp3) is 0.462. The second kappa shape index (κ2) is 5.91. The summed E-state index contributed by atoms with van der Waals surface area (Å²) in [5, 5.41) is 2.57. The minimum Gasteiger partial charge on any atom is -0.378 e. The van der Waals surface area contributed by atoms with Gasteiger partial charge in [-0.15, -0.1) is 0 Å². The molecular weight excluding hydrogens is 240 g/mol. The van der Waals surface area contributed by atoms with Gasteiger partial charge in [0.2, 0.25) is 0 Å². The van der Waals surface area contributed by atoms with E-state index in [9.17, 15) is 13.6 Å². The summed E-state index contributed by atoms with van der Waals surface area (Å²) in [6.07, 6.45) is 2.90. The number of carbonyl (C=O) groups excluding carboxylic acids is 1. The van der Waals surface area contributed by atoms with Crippen LogP contribution in [0.1, 0.15) is 29.6 Å². The molecule has 0 saturated carbocycles. The summed E-state index contributed by atoms with van der Waals surface area (Å²) in [6.45, 7) is 1.16. The first-order valence-electron chi connectivity index (χ1n) is 6.02. The topological polar surface area (TPSA) is 38.3 Å². The Morgan fingerprint density at radius 1 is 1.44 bits per heavy atom. The van der Waals surface area contributed by atoms with Crippen LogP contribution in [-0.4, -0.2) is 25.2 Å². The molecule has 1 saturated heterocycles. The average Bonchev–Trinajstić information content (AvgIpc) is 2.85. The number of hydrogen-bond acceptors (Lipinski definition) is 2. The van der Waals surface area contributed by atoms with Crippen LogP contribution in [-0.2, 0) is 4.74 Å². The van der Waals surface area contributed by atoms with Crippen LogP contribution in [0.5, 0.6) is 0 Å². The summed E-state index contributed by atoms with van der Waals surface area (Å²) in [6, 6.07) is 3.56. The molecule has 5 heteroatoms. The van der Waals surface area contributed by atoms with Crippen LogP contribution < -0.4 is 5.32 Å². The van der Waals surface area contributed by atoms with Crippen LogP contribution in [0, 0.1) is 11.6 Å². The van der Waals surface area contributed by atoms with Crippen molar-refractivity contribution in [1.82, 2.24) is 5.32 Å². The number of nitrogens with one attached hydrogen (secondary N) is 1. The van der Waals surface area contributed by atoms with Crippen LogP contribution in [0.2, 0.25) is 0 Å². The first-order valence-corrected chi connectivity index (χ1v) is 6.02. The summed E-state index contributed by atoms with van der Waals surface area (Å²) in [7, 11) is 0. The molecule has 0 bridgehead atoms. The van der Waals surface area contributed by atoms with Gasteiger partial charge in [0.05, 0.1) is 11.7 Å². The Morgan fingerprint density at radius 2 is 2.28 bits per heavy atom. The summed E-state index contributed by atoms with van der Waals surface area (Å²) in [4.78, 5) is 11.6. The summed E-state index contributed by atoms with van der Waals surface area (Å²) in [5.74, 6) is -2.71. The molecule has 0 spiro atoms. The third-order valence-electron chi connectivity index (χ3n) is 2.97. The Morgan fingerprint density at radius 3 is 3.00 bits per heavy atom. The van der Waals surface area contributed by atoms with Crippen molar-refractivity contribution in [2.24, 2.45) is 0 Å². The number of ether oxygens (including phenoxy) is 1. The molecule has 1 aromatic rings. The molecule has 2 rings (SSSR count). The second-order valence-corrected chi connectivity index (χ2v) is 4.28. The Kier molecular flexibility index (Phi) is 4.25. The fourth-order valence-electron chi connectivity index (χ4n) is 1.99. The van der Waals surface area contributed by atoms with E-state index >= 15 is 0 Å². The van der Waals surface area contributed by atoms with Gasteiger partial charge in [0.1, 0.15) is 0 Å². The first-order chi connectivity index (χ1) is 8.68. The highest BCUT2D eigenvalue weighted by Gasteiger charge is 2.17. The monoisotopic (exact) mass is 255 g/mol. The third kappa shape index (κ3) is 3.04. The summed E-state index contributed by atoms with van der Waals surface area (Å²) >= 11 is 0. The molecule has 18 heavy (non-hydrogen) atoms. The van der Waals surface area contributed by atoms with Gasteiger partial charge >= 0.3 is 0 Å². The zero-order chi connectivity index (χ0) is 13.0. The Bertz CT molecular complexity index is 431. The number of halogens is 2. The predicted octanol–water partition coefficient (Wildman–Crippen LogP) is 2.26. The average molecular weight is 255 g/mol. The minimum atomic E-state index is -1.10. The van der Waals surface area contributed by atoms with Crippen LogP contribution in [0.4, 0.5) is 8.78 Å². The quantitative estimate of drug-likeness (QED) is 0.896. The fourth-order valence-corrected chi connectivity index (χ4v) is 1.99. The van der Waals surface area contributed by atoms with E-state index in [1.807, 2.05) is 0 Å². The maximum Gasteiger partial charge on any atom is 0.254 e. The van der Waals surface area contributed by atoms with Crippen molar-refractivity contribution >= 4 is 5.91 Å². The molecule has 0 aromatic heterocycles. The molecule has 1 heterocycles. The van der Waals surface area contributed by atoms with E-state index in [1.54, 1.807) is 0 Å². The zero-order valence-corrected chi connectivity index (χ0v) is 9.92. The Balaban J connectivity index is 1.85. The molecular formula is C13H15F2NO2. The van der Waals surface area contributed by atoms with Gasteiger partial charge in [0, 0.05) is 13.2 Å². The predicted molar refractivity (Wildman–Crippen MR) is 62.3 cm³/mol. The SMILES string of the molecule is O=C(NCCC1CCCO1)c1cccc(F)c1F. The molecule has 3 nitrogen and oxygen atoms in total. The maximum atomic E-state index is 13.3. The van der Waals surface area contributed by atoms with Crippen LogP contribution >= 0.6 is 0 Å². The van der Waals surface area contributed by atoms with Gasteiger partial charge in [-0.3, -0.25) is 4.79 Å². The van der Waals surface area contributed by atoms with Gasteiger partial charge in [0.15, 0.2) is 11.6 Å². The summed E-state index contributed by atoms with van der Waals surface area (Å²) in [5.41, 5.74) is -0.262. The molecule has 1 aromatic carbocycles. The Hall–Kier alpha value is -1.49. The van der Waals surface area contributed by atoms with E-state index in [4.69, 9.17) is 4.74 Å². The van der Waals surface area contributed by atoms with Gasteiger partial charge in [-0.25, -0.2) is 8.78 Å². The minimum absolute atomic E-state index is 0.169. The second-order valence-electron chi connectivity index (χ2n) is 4.28. The largest absolute Gasteiger partial charge is 0.378 e. The molecule has 1 N–H and O–H groups in total. The molecule has 0 aliphatic carbocycles. The van der Waals surface area contributed by atoms with Crippen molar-refractivity contribution in [2.45, 2.75) is 25.4 Å². The van der Waals surface area contributed by atoms with E-state index < -0.39 is 17.5 Å². The van der Waals surface area contributed by atoms with Crippen LogP contribution in [0.25, 0.3) is 0 Å². The number of hydrogen-bond donors (Lipinski definition) is 1. The van der Waals surface area contributed by atoms with E-state index in [-0.39, 0.29) is 11.7 Å². The van der Waals surface area contributed by atoms with Crippen molar-refractivity contribution < 1.29 is 18.3 Å². The highest BCUT2D eigenvalue weighted by Crippen LogP contribution is 2.15. The van der Waals surface area contributed by atoms with Crippen molar-refractivity contribution in [1.29, 1.82) is 0 Å². The molecule has 1 aliphatic rings. The number of benzene rings is 1. The highest BCUT2D eigenvalue weighted by molar-refractivity contribution is 5.94. The normalized spacial score (nSPS) is 18.9. The van der Waals surface area contributed by atoms with E-state index in [1.165, 1.54) is 12.1 Å². The van der Waals surface area contributed by atoms with Crippen LogP contribution in [0.3, 0.4) is 0 Å². The molecule has 1 unspecified atom stereocenters. The lowest BCUT2D eigenvalue weighted by molar-refractivity contribution is 0.0903. The standard InChI is InChI=1S/C13H15F2NO2/c14-11-5-1-4-10(12(11)15)13(17)16-7-6-9-3-2-8-18-9/h1,4-5,9H,2-3,6-8H2,(H,16,17). The van der Waals surface area contributed by atoms with E-state index in [2.05, 4.69) is 5.32 Å². The number of rotatable bonds is 4. The van der Waals surface area contributed by atoms with Crippen molar-refractivity contribution in [3.63, 3.8) is 0 Å². The third-order valence-corrected chi connectivity index (χ3v) is 2.97. The van der Waals surface area contributed by atoms with Gasteiger partial charge in [-0.1, -0.05) is 6.07 Å². The van der Waals surface area contributed by atoms with Gasteiger partial charge in [-0.2, -0.15) is 0 Å². The first kappa shape index (κ1) is 13.0. The molecule has 1 atom stereocenters. The van der Waals surface area contributed by atoms with Gasteiger partial charge < -0.3 is 10.1 Å². The lowest BCUT2D eigenvalue weighted by Gasteiger charge is -2.10. The van der Waals surface area contributed by atoms with Gasteiger partial charge in [-0.05, 0) is 31.4 Å². The van der Waals surface area contributed by atoms with Crippen molar-refractivity contribution in [3.8, 4) is 0 Å². The van der Waals surface area contributed by atoms with Gasteiger partial charge in [0.25, 0.3) is 5.91 Å². The van der Waals surface area contributed by atoms with E-state index in [0.29, 0.717) is 13.0 Å². The summed E-state index contributed by atoms with van der Waals surface area (Å²) < 4.78 is 31.7. The molecule has 1 amide bonds. The Labute approximate surface area is 104 Å². The maximum absolute atomic E-state index is 13.3.